The first-order valence-corrected chi connectivity index (χ1v) is 8.08. The molecule has 3 nitrogen and oxygen atoms in total. The van der Waals surface area contributed by atoms with Crippen LogP contribution < -0.4 is 5.32 Å². The largest absolute Gasteiger partial charge is 0.465 e. The second-order valence-electron chi connectivity index (χ2n) is 4.95. The number of benzene rings is 1. The fourth-order valence-electron chi connectivity index (χ4n) is 2.25. The van der Waals surface area contributed by atoms with Crippen molar-refractivity contribution >= 4 is 17.3 Å². The smallest absolute Gasteiger partial charge is 0.327 e. The van der Waals surface area contributed by atoms with Gasteiger partial charge in [-0.2, -0.15) is 0 Å². The minimum atomic E-state index is -0.416. The third kappa shape index (κ3) is 4.69. The average Bonchev–Trinajstić information content (AvgIpc) is 2.98. The first kappa shape index (κ1) is 15.7. The van der Waals surface area contributed by atoms with Crippen molar-refractivity contribution in [2.75, 3.05) is 6.61 Å². The Bertz CT molecular complexity index is 539. The van der Waals surface area contributed by atoms with Crippen LogP contribution in [0, 0.1) is 0 Å². The van der Waals surface area contributed by atoms with E-state index in [9.17, 15) is 4.79 Å². The molecule has 0 bridgehead atoms. The van der Waals surface area contributed by atoms with Gasteiger partial charge in [-0.25, -0.2) is 4.79 Å². The summed E-state index contributed by atoms with van der Waals surface area (Å²) in [4.78, 5) is 13.5. The van der Waals surface area contributed by atoms with Crippen LogP contribution in [0.15, 0.2) is 47.8 Å². The number of ether oxygens (including phenoxy) is 1. The number of carbonyl (C=O) groups excluding carboxylic acids is 1. The molecule has 112 valence electrons. The van der Waals surface area contributed by atoms with E-state index in [1.165, 1.54) is 4.88 Å². The van der Waals surface area contributed by atoms with E-state index in [0.717, 1.165) is 12.0 Å². The summed E-state index contributed by atoms with van der Waals surface area (Å²) >= 11 is 1.74. The molecule has 0 saturated carbocycles. The summed E-state index contributed by atoms with van der Waals surface area (Å²) in [6, 6.07) is 13.7. The second-order valence-corrected chi connectivity index (χ2v) is 5.98. The Kier molecular flexibility index (Phi) is 5.96. The van der Waals surface area contributed by atoms with E-state index in [-0.39, 0.29) is 12.0 Å². The fourth-order valence-corrected chi connectivity index (χ4v) is 3.08. The number of nitrogens with one attached hydrogen (secondary N) is 1. The zero-order valence-electron chi connectivity index (χ0n) is 12.4. The van der Waals surface area contributed by atoms with E-state index < -0.39 is 6.04 Å². The molecule has 2 rings (SSSR count). The zero-order chi connectivity index (χ0) is 15.1. The quantitative estimate of drug-likeness (QED) is 0.795. The van der Waals surface area contributed by atoms with Crippen LogP contribution in [0.1, 0.15) is 30.3 Å². The van der Waals surface area contributed by atoms with Crippen molar-refractivity contribution in [2.24, 2.45) is 0 Å². The van der Waals surface area contributed by atoms with Gasteiger partial charge in [-0.3, -0.25) is 5.32 Å². The van der Waals surface area contributed by atoms with Gasteiger partial charge in [-0.15, -0.1) is 11.3 Å². The molecule has 21 heavy (non-hydrogen) atoms. The van der Waals surface area contributed by atoms with Crippen molar-refractivity contribution in [1.82, 2.24) is 5.32 Å². The van der Waals surface area contributed by atoms with Gasteiger partial charge in [0.15, 0.2) is 0 Å². The van der Waals surface area contributed by atoms with E-state index in [1.54, 1.807) is 11.3 Å². The molecule has 0 spiro atoms. The summed E-state index contributed by atoms with van der Waals surface area (Å²) < 4.78 is 5.20. The van der Waals surface area contributed by atoms with Gasteiger partial charge in [0.1, 0.15) is 6.04 Å². The lowest BCUT2D eigenvalue weighted by atomic mass is 10.1. The Morgan fingerprint density at radius 3 is 2.62 bits per heavy atom. The monoisotopic (exact) mass is 303 g/mol. The lowest BCUT2D eigenvalue weighted by Gasteiger charge is -2.22. The molecule has 1 N–H and O–H groups in total. The molecule has 0 aliphatic rings. The molecule has 0 saturated heterocycles. The minimum Gasteiger partial charge on any atom is -0.465 e. The highest BCUT2D eigenvalue weighted by atomic mass is 32.1. The van der Waals surface area contributed by atoms with Crippen molar-refractivity contribution in [3.05, 3.63) is 58.3 Å². The van der Waals surface area contributed by atoms with Gasteiger partial charge in [-0.05, 0) is 37.3 Å². The molecule has 4 heteroatoms. The second kappa shape index (κ2) is 7.96. The van der Waals surface area contributed by atoms with Crippen LogP contribution in [0.25, 0.3) is 0 Å². The molecule has 0 aliphatic carbocycles. The standard InChI is InChI=1S/C17H21NO2S/c1-3-20-17(19)16(14-8-5-4-6-9-14)18-13(2)12-15-10-7-11-21-15/h4-11,13,16,18H,3,12H2,1-2H3. The lowest BCUT2D eigenvalue weighted by Crippen LogP contribution is -2.37. The molecule has 0 radical (unpaired) electrons. The number of hydrogen-bond acceptors (Lipinski definition) is 4. The Labute approximate surface area is 130 Å². The lowest BCUT2D eigenvalue weighted by molar-refractivity contribution is -0.146. The molecular weight excluding hydrogens is 282 g/mol. The van der Waals surface area contributed by atoms with E-state index in [2.05, 4.69) is 23.7 Å². The summed E-state index contributed by atoms with van der Waals surface area (Å²) in [6.45, 7) is 4.31. The van der Waals surface area contributed by atoms with Gasteiger partial charge in [0, 0.05) is 10.9 Å². The summed E-state index contributed by atoms with van der Waals surface area (Å²) in [7, 11) is 0. The van der Waals surface area contributed by atoms with Crippen molar-refractivity contribution in [3.8, 4) is 0 Å². The predicted octanol–water partition coefficient (Wildman–Crippen LogP) is 3.57. The Balaban J connectivity index is 2.06. The molecule has 1 aromatic carbocycles. The van der Waals surface area contributed by atoms with Gasteiger partial charge < -0.3 is 4.74 Å². The topological polar surface area (TPSA) is 38.3 Å². The number of esters is 1. The van der Waals surface area contributed by atoms with E-state index in [0.29, 0.717) is 6.61 Å². The molecule has 2 atom stereocenters. The van der Waals surface area contributed by atoms with E-state index in [4.69, 9.17) is 4.74 Å². The van der Waals surface area contributed by atoms with Crippen LogP contribution in [0.2, 0.25) is 0 Å². The SMILES string of the molecule is CCOC(=O)C(NC(C)Cc1cccs1)c1ccccc1. The van der Waals surface area contributed by atoms with Crippen molar-refractivity contribution in [3.63, 3.8) is 0 Å². The number of rotatable bonds is 7. The van der Waals surface area contributed by atoms with Crippen molar-refractivity contribution < 1.29 is 9.53 Å². The third-order valence-electron chi connectivity index (χ3n) is 3.19. The molecular formula is C17H21NO2S. The summed E-state index contributed by atoms with van der Waals surface area (Å²) in [5.74, 6) is -0.221. The van der Waals surface area contributed by atoms with E-state index >= 15 is 0 Å². The highest BCUT2D eigenvalue weighted by Gasteiger charge is 2.23. The van der Waals surface area contributed by atoms with Gasteiger partial charge in [0.25, 0.3) is 0 Å². The Morgan fingerprint density at radius 1 is 1.24 bits per heavy atom. The maximum absolute atomic E-state index is 12.2. The maximum atomic E-state index is 12.2. The van der Waals surface area contributed by atoms with Crippen molar-refractivity contribution in [2.45, 2.75) is 32.4 Å². The highest BCUT2D eigenvalue weighted by molar-refractivity contribution is 7.09. The minimum absolute atomic E-state index is 0.193. The Morgan fingerprint density at radius 2 is 2.00 bits per heavy atom. The Hall–Kier alpha value is -1.65. The first-order valence-electron chi connectivity index (χ1n) is 7.20. The summed E-state index contributed by atoms with van der Waals surface area (Å²) in [6.07, 6.45) is 0.903. The summed E-state index contributed by atoms with van der Waals surface area (Å²) in [5, 5.41) is 5.46. The summed E-state index contributed by atoms with van der Waals surface area (Å²) in [5.41, 5.74) is 0.939. The maximum Gasteiger partial charge on any atom is 0.327 e. The van der Waals surface area contributed by atoms with Gasteiger partial charge in [0.2, 0.25) is 0 Å². The van der Waals surface area contributed by atoms with E-state index in [1.807, 2.05) is 43.3 Å². The first-order chi connectivity index (χ1) is 10.2. The normalized spacial score (nSPS) is 13.6. The fraction of sp³-hybridized carbons (Fsp3) is 0.353. The number of carbonyl (C=O) groups is 1. The molecule has 1 heterocycles. The predicted molar refractivity (Wildman–Crippen MR) is 86.4 cm³/mol. The molecule has 0 aliphatic heterocycles. The van der Waals surface area contributed by atoms with Crippen molar-refractivity contribution in [1.29, 1.82) is 0 Å². The van der Waals surface area contributed by atoms with Crippen LogP contribution in [0.5, 0.6) is 0 Å². The van der Waals surface area contributed by atoms with Crippen LogP contribution in [-0.4, -0.2) is 18.6 Å². The molecule has 0 amide bonds. The molecule has 1 aromatic heterocycles. The molecule has 2 aromatic rings. The highest BCUT2D eigenvalue weighted by Crippen LogP contribution is 2.17. The zero-order valence-corrected chi connectivity index (χ0v) is 13.2. The number of thiophene rings is 1. The number of hydrogen-bond donors (Lipinski definition) is 1. The van der Waals surface area contributed by atoms with Crippen LogP contribution in [-0.2, 0) is 16.0 Å². The van der Waals surface area contributed by atoms with Gasteiger partial charge in [0.05, 0.1) is 6.61 Å². The van der Waals surface area contributed by atoms with Crippen LogP contribution in [0.4, 0.5) is 0 Å². The molecule has 2 unspecified atom stereocenters. The molecule has 0 fully saturated rings. The van der Waals surface area contributed by atoms with Gasteiger partial charge >= 0.3 is 5.97 Å². The van der Waals surface area contributed by atoms with Crippen LogP contribution >= 0.6 is 11.3 Å². The average molecular weight is 303 g/mol. The third-order valence-corrected chi connectivity index (χ3v) is 4.09. The van der Waals surface area contributed by atoms with Crippen LogP contribution in [0.3, 0.4) is 0 Å². The van der Waals surface area contributed by atoms with Gasteiger partial charge in [-0.1, -0.05) is 36.4 Å².